The molecule has 0 radical (unpaired) electrons. The number of halogens is 1. The summed E-state index contributed by atoms with van der Waals surface area (Å²) in [5, 5.41) is 25.9. The second kappa shape index (κ2) is 7.88. The van der Waals surface area contributed by atoms with Crippen molar-refractivity contribution in [3.05, 3.63) is 28.3 Å². The van der Waals surface area contributed by atoms with Crippen LogP contribution in [0.4, 0.5) is 17.1 Å². The molecule has 20 heavy (non-hydrogen) atoms. The van der Waals surface area contributed by atoms with E-state index in [1.165, 1.54) is 6.07 Å². The predicted molar refractivity (Wildman–Crippen MR) is 81.0 cm³/mol. The topological polar surface area (TPSA) is 90.7 Å². The quantitative estimate of drug-likeness (QED) is 0.551. The lowest BCUT2D eigenvalue weighted by Gasteiger charge is -2.29. The minimum Gasteiger partial charge on any atom is -0.395 e. The number of aliphatic hydroxyl groups excluding tert-OH is 1. The van der Waals surface area contributed by atoms with Gasteiger partial charge in [-0.15, -0.1) is 12.4 Å². The third-order valence-electron chi connectivity index (χ3n) is 3.09. The minimum atomic E-state index is -0.415. The van der Waals surface area contributed by atoms with E-state index in [0.717, 1.165) is 31.9 Å². The van der Waals surface area contributed by atoms with Crippen molar-refractivity contribution in [1.29, 1.82) is 0 Å². The fraction of sp³-hybridized carbons (Fsp3) is 0.500. The first-order valence-electron chi connectivity index (χ1n) is 6.31. The molecule has 0 bridgehead atoms. The van der Waals surface area contributed by atoms with Gasteiger partial charge in [-0.05, 0) is 12.1 Å². The van der Waals surface area contributed by atoms with Gasteiger partial charge in [-0.25, -0.2) is 0 Å². The van der Waals surface area contributed by atoms with Crippen LogP contribution in [0.1, 0.15) is 0 Å². The molecule has 7 nitrogen and oxygen atoms in total. The van der Waals surface area contributed by atoms with Crippen LogP contribution in [-0.4, -0.2) is 49.4 Å². The zero-order valence-electron chi connectivity index (χ0n) is 11.0. The van der Waals surface area contributed by atoms with Crippen LogP contribution < -0.4 is 15.5 Å². The van der Waals surface area contributed by atoms with Crippen molar-refractivity contribution < 1.29 is 10.0 Å². The summed E-state index contributed by atoms with van der Waals surface area (Å²) in [6.07, 6.45) is 0. The number of hydrogen-bond acceptors (Lipinski definition) is 6. The van der Waals surface area contributed by atoms with Crippen LogP contribution in [0.5, 0.6) is 0 Å². The standard InChI is InChI=1S/C12H18N4O3.ClH/c17-8-5-14-11-9-10(1-2-12(11)16(18)19)15-6-3-13-4-7-15;/h1-2,9,13-14,17H,3-8H2;1H. The molecule has 0 unspecified atom stereocenters. The molecule has 2 rings (SSSR count). The molecular weight excluding hydrogens is 284 g/mol. The minimum absolute atomic E-state index is 0. The Kier molecular flexibility index (Phi) is 6.50. The fourth-order valence-corrected chi connectivity index (χ4v) is 2.14. The van der Waals surface area contributed by atoms with Crippen molar-refractivity contribution in [3.63, 3.8) is 0 Å². The average Bonchev–Trinajstić information content (AvgIpc) is 2.45. The van der Waals surface area contributed by atoms with E-state index >= 15 is 0 Å². The van der Waals surface area contributed by atoms with Gasteiger partial charge in [0.05, 0.1) is 11.5 Å². The van der Waals surface area contributed by atoms with Crippen molar-refractivity contribution in [3.8, 4) is 0 Å². The molecule has 1 aliphatic heterocycles. The van der Waals surface area contributed by atoms with Crippen LogP contribution in [-0.2, 0) is 0 Å². The molecule has 1 aliphatic rings. The summed E-state index contributed by atoms with van der Waals surface area (Å²) in [6.45, 7) is 3.84. The van der Waals surface area contributed by atoms with Gasteiger partial charge < -0.3 is 20.6 Å². The highest BCUT2D eigenvalue weighted by molar-refractivity contribution is 5.85. The van der Waals surface area contributed by atoms with Crippen LogP contribution in [0.15, 0.2) is 18.2 Å². The maximum Gasteiger partial charge on any atom is 0.292 e. The molecule has 0 spiro atoms. The Morgan fingerprint density at radius 1 is 1.40 bits per heavy atom. The summed E-state index contributed by atoms with van der Waals surface area (Å²) in [5.74, 6) is 0. The normalized spacial score (nSPS) is 14.6. The van der Waals surface area contributed by atoms with Gasteiger partial charge in [0, 0.05) is 44.5 Å². The molecule has 1 aromatic carbocycles. The Morgan fingerprint density at radius 2 is 2.10 bits per heavy atom. The number of rotatable bonds is 5. The second-order valence-electron chi connectivity index (χ2n) is 4.35. The maximum atomic E-state index is 11.0. The summed E-state index contributed by atoms with van der Waals surface area (Å²) in [4.78, 5) is 12.7. The first-order chi connectivity index (χ1) is 9.22. The smallest absolute Gasteiger partial charge is 0.292 e. The van der Waals surface area contributed by atoms with E-state index in [1.807, 2.05) is 0 Å². The molecule has 1 heterocycles. The van der Waals surface area contributed by atoms with E-state index in [9.17, 15) is 10.1 Å². The lowest BCUT2D eigenvalue weighted by Crippen LogP contribution is -2.43. The van der Waals surface area contributed by atoms with Gasteiger partial charge in [0.15, 0.2) is 0 Å². The molecule has 0 aromatic heterocycles. The number of benzene rings is 1. The van der Waals surface area contributed by atoms with Gasteiger partial charge in [-0.1, -0.05) is 0 Å². The molecule has 1 aromatic rings. The first-order valence-corrected chi connectivity index (χ1v) is 6.31. The molecular formula is C12H19ClN4O3. The highest BCUT2D eigenvalue weighted by Gasteiger charge is 2.17. The van der Waals surface area contributed by atoms with E-state index < -0.39 is 4.92 Å². The lowest BCUT2D eigenvalue weighted by atomic mass is 10.2. The predicted octanol–water partition coefficient (Wildman–Crippen LogP) is 0.830. The number of nitro groups is 1. The van der Waals surface area contributed by atoms with E-state index in [-0.39, 0.29) is 24.7 Å². The number of aliphatic hydroxyl groups is 1. The van der Waals surface area contributed by atoms with Crippen molar-refractivity contribution in [2.45, 2.75) is 0 Å². The highest BCUT2D eigenvalue weighted by Crippen LogP contribution is 2.29. The number of piperazine rings is 1. The molecule has 3 N–H and O–H groups in total. The second-order valence-corrected chi connectivity index (χ2v) is 4.35. The monoisotopic (exact) mass is 302 g/mol. The van der Waals surface area contributed by atoms with Crippen LogP contribution in [0.2, 0.25) is 0 Å². The average molecular weight is 303 g/mol. The van der Waals surface area contributed by atoms with Gasteiger partial charge in [-0.3, -0.25) is 10.1 Å². The first kappa shape index (κ1) is 16.5. The molecule has 8 heteroatoms. The highest BCUT2D eigenvalue weighted by atomic mass is 35.5. The zero-order chi connectivity index (χ0) is 13.7. The van der Waals surface area contributed by atoms with E-state index in [2.05, 4.69) is 15.5 Å². The summed E-state index contributed by atoms with van der Waals surface area (Å²) in [6, 6.07) is 5.06. The van der Waals surface area contributed by atoms with Gasteiger partial charge in [0.25, 0.3) is 5.69 Å². The Bertz CT molecular complexity index is 452. The Hall–Kier alpha value is -1.57. The number of nitrogens with one attached hydrogen (secondary N) is 2. The van der Waals surface area contributed by atoms with E-state index in [0.29, 0.717) is 12.2 Å². The van der Waals surface area contributed by atoms with Gasteiger partial charge in [0.2, 0.25) is 0 Å². The Morgan fingerprint density at radius 3 is 2.70 bits per heavy atom. The molecule has 0 atom stereocenters. The van der Waals surface area contributed by atoms with Crippen molar-refractivity contribution in [1.82, 2.24) is 5.32 Å². The van der Waals surface area contributed by atoms with Crippen LogP contribution in [0.25, 0.3) is 0 Å². The van der Waals surface area contributed by atoms with Crippen LogP contribution >= 0.6 is 12.4 Å². The third kappa shape index (κ3) is 3.96. The molecule has 1 fully saturated rings. The van der Waals surface area contributed by atoms with Crippen molar-refractivity contribution >= 4 is 29.5 Å². The maximum absolute atomic E-state index is 11.0. The number of anilines is 2. The number of nitrogens with zero attached hydrogens (tertiary/aromatic N) is 2. The van der Waals surface area contributed by atoms with E-state index in [4.69, 9.17) is 5.11 Å². The lowest BCUT2D eigenvalue weighted by molar-refractivity contribution is -0.383. The molecule has 0 amide bonds. The molecule has 1 saturated heterocycles. The van der Waals surface area contributed by atoms with Crippen molar-refractivity contribution in [2.75, 3.05) is 49.5 Å². The summed E-state index contributed by atoms with van der Waals surface area (Å²) >= 11 is 0. The SMILES string of the molecule is Cl.O=[N+]([O-])c1ccc(N2CCNCC2)cc1NCCO. The van der Waals surface area contributed by atoms with Crippen LogP contribution in [0.3, 0.4) is 0 Å². The van der Waals surface area contributed by atoms with Gasteiger partial charge >= 0.3 is 0 Å². The number of nitro benzene ring substituents is 1. The summed E-state index contributed by atoms with van der Waals surface area (Å²) in [7, 11) is 0. The molecule has 0 aliphatic carbocycles. The number of hydrogen-bond donors (Lipinski definition) is 3. The van der Waals surface area contributed by atoms with Crippen LogP contribution in [0, 0.1) is 10.1 Å². The van der Waals surface area contributed by atoms with Crippen molar-refractivity contribution in [2.24, 2.45) is 0 Å². The largest absolute Gasteiger partial charge is 0.395 e. The molecule has 0 saturated carbocycles. The summed E-state index contributed by atoms with van der Waals surface area (Å²) < 4.78 is 0. The third-order valence-corrected chi connectivity index (χ3v) is 3.09. The summed E-state index contributed by atoms with van der Waals surface area (Å²) in [5.41, 5.74) is 1.45. The zero-order valence-corrected chi connectivity index (χ0v) is 11.9. The fourth-order valence-electron chi connectivity index (χ4n) is 2.14. The Labute approximate surface area is 123 Å². The molecule has 112 valence electrons. The van der Waals surface area contributed by atoms with Gasteiger partial charge in [0.1, 0.15) is 5.69 Å². The Balaban J connectivity index is 0.00000200. The van der Waals surface area contributed by atoms with E-state index in [1.54, 1.807) is 12.1 Å². The van der Waals surface area contributed by atoms with Gasteiger partial charge in [-0.2, -0.15) is 0 Å².